The van der Waals surface area contributed by atoms with E-state index in [1.165, 1.54) is 6.07 Å². The molecule has 1 aliphatic heterocycles. The zero-order valence-corrected chi connectivity index (χ0v) is 11.8. The molecule has 1 N–H and O–H groups in total. The summed E-state index contributed by atoms with van der Waals surface area (Å²) < 4.78 is 13.4. The molecule has 4 nitrogen and oxygen atoms in total. The third-order valence-electron chi connectivity index (χ3n) is 3.56. The van der Waals surface area contributed by atoms with E-state index < -0.39 is 5.82 Å². The highest BCUT2D eigenvalue weighted by Gasteiger charge is 2.26. The number of hydrogen-bond donors (Lipinski definition) is 1. The molecule has 2 heterocycles. The van der Waals surface area contributed by atoms with Gasteiger partial charge in [0.15, 0.2) is 0 Å². The maximum absolute atomic E-state index is 13.4. The van der Waals surface area contributed by atoms with Crippen molar-refractivity contribution in [1.29, 1.82) is 0 Å². The Labute approximate surface area is 122 Å². The number of nitrogens with one attached hydrogen (secondary N) is 1. The first-order valence-electron chi connectivity index (χ1n) is 6.94. The summed E-state index contributed by atoms with van der Waals surface area (Å²) in [5.41, 5.74) is 2.56. The summed E-state index contributed by atoms with van der Waals surface area (Å²) in [5, 5.41) is 3.00. The summed E-state index contributed by atoms with van der Waals surface area (Å²) in [6, 6.07) is 9.19. The van der Waals surface area contributed by atoms with Gasteiger partial charge in [-0.2, -0.15) is 0 Å². The van der Waals surface area contributed by atoms with E-state index >= 15 is 0 Å². The number of fused-ring (bicyclic) bond motifs is 1. The lowest BCUT2D eigenvalue weighted by Gasteiger charge is -2.17. The lowest BCUT2D eigenvalue weighted by atomic mass is 10.1. The molecule has 0 saturated heterocycles. The van der Waals surface area contributed by atoms with Crippen LogP contribution in [0.15, 0.2) is 36.5 Å². The van der Waals surface area contributed by atoms with Gasteiger partial charge in [-0.15, -0.1) is 0 Å². The highest BCUT2D eigenvalue weighted by atomic mass is 19.1. The monoisotopic (exact) mass is 285 g/mol. The predicted octanol–water partition coefficient (Wildman–Crippen LogP) is 2.81. The second-order valence-electron chi connectivity index (χ2n) is 5.01. The number of hydrogen-bond acceptors (Lipinski definition) is 3. The Hall–Kier alpha value is -2.43. The van der Waals surface area contributed by atoms with Crippen LogP contribution in [-0.4, -0.2) is 22.3 Å². The molecule has 0 bridgehead atoms. The minimum absolute atomic E-state index is 0.200. The summed E-state index contributed by atoms with van der Waals surface area (Å²) in [4.78, 5) is 18.3. The number of nitrogens with zero attached hydrogens (tertiary/aromatic N) is 2. The van der Waals surface area contributed by atoms with Gasteiger partial charge in [0.05, 0.1) is 11.8 Å². The van der Waals surface area contributed by atoms with Crippen LogP contribution in [0.2, 0.25) is 0 Å². The summed E-state index contributed by atoms with van der Waals surface area (Å²) in [6.07, 6.45) is 1.12. The molecule has 21 heavy (non-hydrogen) atoms. The molecule has 0 unspecified atom stereocenters. The standard InChI is InChI=1S/C16H16FN3O/c1-2-18-15-14(7-13(17)8-19-15)16(21)20-9-11-5-3-4-6-12(11)10-20/h3-8H,2,9-10H2,1H3,(H,18,19). The number of rotatable bonds is 3. The smallest absolute Gasteiger partial charge is 0.258 e. The topological polar surface area (TPSA) is 45.2 Å². The van der Waals surface area contributed by atoms with Gasteiger partial charge in [-0.05, 0) is 24.1 Å². The number of carbonyl (C=O) groups excluding carboxylic acids is 1. The van der Waals surface area contributed by atoms with Crippen LogP contribution in [0, 0.1) is 5.82 Å². The minimum Gasteiger partial charge on any atom is -0.370 e. The maximum atomic E-state index is 13.4. The zero-order chi connectivity index (χ0) is 14.8. The second-order valence-corrected chi connectivity index (χ2v) is 5.01. The average Bonchev–Trinajstić information content (AvgIpc) is 2.92. The molecule has 5 heteroatoms. The number of pyridine rings is 1. The lowest BCUT2D eigenvalue weighted by Crippen LogP contribution is -2.26. The van der Waals surface area contributed by atoms with Gasteiger partial charge in [-0.25, -0.2) is 9.37 Å². The zero-order valence-electron chi connectivity index (χ0n) is 11.8. The van der Waals surface area contributed by atoms with Gasteiger partial charge >= 0.3 is 0 Å². The Kier molecular flexibility index (Phi) is 3.56. The van der Waals surface area contributed by atoms with Crippen LogP contribution in [-0.2, 0) is 13.1 Å². The van der Waals surface area contributed by atoms with E-state index in [9.17, 15) is 9.18 Å². The number of aromatic nitrogens is 1. The van der Waals surface area contributed by atoms with Crippen LogP contribution in [0.25, 0.3) is 0 Å². The first-order chi connectivity index (χ1) is 10.2. The highest BCUT2D eigenvalue weighted by molar-refractivity contribution is 5.99. The predicted molar refractivity (Wildman–Crippen MR) is 78.4 cm³/mol. The molecule has 0 aliphatic carbocycles. The number of amides is 1. The first-order valence-corrected chi connectivity index (χ1v) is 6.94. The van der Waals surface area contributed by atoms with Crippen LogP contribution in [0.5, 0.6) is 0 Å². The average molecular weight is 285 g/mol. The van der Waals surface area contributed by atoms with Gasteiger partial charge in [0, 0.05) is 19.6 Å². The minimum atomic E-state index is -0.503. The Morgan fingerprint density at radius 2 is 2.00 bits per heavy atom. The van der Waals surface area contributed by atoms with Crippen LogP contribution < -0.4 is 5.32 Å². The molecule has 0 atom stereocenters. The quantitative estimate of drug-likeness (QED) is 0.943. The lowest BCUT2D eigenvalue weighted by molar-refractivity contribution is 0.0751. The molecule has 0 fully saturated rings. The van der Waals surface area contributed by atoms with Gasteiger partial charge in [-0.1, -0.05) is 24.3 Å². The van der Waals surface area contributed by atoms with E-state index in [4.69, 9.17) is 0 Å². The molecule has 0 saturated carbocycles. The Morgan fingerprint density at radius 1 is 1.33 bits per heavy atom. The molecule has 1 aromatic heterocycles. The first kappa shape index (κ1) is 13.5. The van der Waals surface area contributed by atoms with Crippen molar-refractivity contribution in [2.24, 2.45) is 0 Å². The van der Waals surface area contributed by atoms with Crippen molar-refractivity contribution in [2.45, 2.75) is 20.0 Å². The van der Waals surface area contributed by atoms with Crippen molar-refractivity contribution in [3.63, 3.8) is 0 Å². The largest absolute Gasteiger partial charge is 0.370 e. The van der Waals surface area contributed by atoms with Gasteiger partial charge in [0.2, 0.25) is 0 Å². The Bertz CT molecular complexity index is 662. The van der Waals surface area contributed by atoms with Crippen LogP contribution >= 0.6 is 0 Å². The molecule has 3 rings (SSSR count). The third-order valence-corrected chi connectivity index (χ3v) is 3.56. The Balaban J connectivity index is 1.88. The maximum Gasteiger partial charge on any atom is 0.258 e. The molecular formula is C16H16FN3O. The fourth-order valence-electron chi connectivity index (χ4n) is 2.56. The number of benzene rings is 1. The Morgan fingerprint density at radius 3 is 2.62 bits per heavy atom. The van der Waals surface area contributed by atoms with Crippen LogP contribution in [0.4, 0.5) is 10.2 Å². The molecule has 1 aromatic carbocycles. The number of halogens is 1. The molecule has 1 aliphatic rings. The summed E-state index contributed by atoms with van der Waals surface area (Å²) >= 11 is 0. The fraction of sp³-hybridized carbons (Fsp3) is 0.250. The van der Waals surface area contributed by atoms with E-state index in [1.807, 2.05) is 31.2 Å². The van der Waals surface area contributed by atoms with Gasteiger partial charge in [-0.3, -0.25) is 4.79 Å². The molecular weight excluding hydrogens is 269 g/mol. The third kappa shape index (κ3) is 2.59. The fourth-order valence-corrected chi connectivity index (χ4v) is 2.56. The van der Waals surface area contributed by atoms with Crippen molar-refractivity contribution in [3.05, 3.63) is 59.0 Å². The summed E-state index contributed by atoms with van der Waals surface area (Å²) in [5.74, 6) is -0.272. The molecule has 108 valence electrons. The number of carbonyl (C=O) groups is 1. The van der Waals surface area contributed by atoms with Gasteiger partial charge in [0.25, 0.3) is 5.91 Å². The normalized spacial score (nSPS) is 13.1. The van der Waals surface area contributed by atoms with Crippen molar-refractivity contribution in [2.75, 3.05) is 11.9 Å². The second kappa shape index (κ2) is 5.52. The van der Waals surface area contributed by atoms with Crippen molar-refractivity contribution < 1.29 is 9.18 Å². The van der Waals surface area contributed by atoms with E-state index in [0.717, 1.165) is 17.3 Å². The van der Waals surface area contributed by atoms with Crippen LogP contribution in [0.1, 0.15) is 28.4 Å². The van der Waals surface area contributed by atoms with Crippen LogP contribution in [0.3, 0.4) is 0 Å². The SMILES string of the molecule is CCNc1ncc(F)cc1C(=O)N1Cc2ccccc2C1. The van der Waals surface area contributed by atoms with Gasteiger partial charge in [0.1, 0.15) is 11.6 Å². The van der Waals surface area contributed by atoms with E-state index in [1.54, 1.807) is 4.90 Å². The van der Waals surface area contributed by atoms with E-state index in [0.29, 0.717) is 25.5 Å². The van der Waals surface area contributed by atoms with E-state index in [2.05, 4.69) is 10.3 Å². The molecule has 0 radical (unpaired) electrons. The van der Waals surface area contributed by atoms with E-state index in [-0.39, 0.29) is 11.5 Å². The molecule has 2 aromatic rings. The van der Waals surface area contributed by atoms with Gasteiger partial charge < -0.3 is 10.2 Å². The van der Waals surface area contributed by atoms with Crippen molar-refractivity contribution >= 4 is 11.7 Å². The molecule has 0 spiro atoms. The summed E-state index contributed by atoms with van der Waals surface area (Å²) in [6.45, 7) is 3.64. The molecule has 1 amide bonds. The summed E-state index contributed by atoms with van der Waals surface area (Å²) in [7, 11) is 0. The van der Waals surface area contributed by atoms with Crippen molar-refractivity contribution in [1.82, 2.24) is 9.88 Å². The van der Waals surface area contributed by atoms with Crippen molar-refractivity contribution in [3.8, 4) is 0 Å². The highest BCUT2D eigenvalue weighted by Crippen LogP contribution is 2.25. The number of anilines is 1.